The molecule has 0 aromatic heterocycles. The van der Waals surface area contributed by atoms with Crippen molar-refractivity contribution in [1.29, 1.82) is 0 Å². The number of hydrogen-bond acceptors (Lipinski definition) is 0. The summed E-state index contributed by atoms with van der Waals surface area (Å²) in [5.74, 6) is 0. The molecule has 16 heavy (non-hydrogen) atoms. The van der Waals surface area contributed by atoms with Crippen LogP contribution in [0.3, 0.4) is 0 Å². The van der Waals surface area contributed by atoms with E-state index in [9.17, 15) is 0 Å². The summed E-state index contributed by atoms with van der Waals surface area (Å²) in [6.45, 7) is 4.58. The summed E-state index contributed by atoms with van der Waals surface area (Å²) in [5, 5.41) is 0. The van der Waals surface area contributed by atoms with E-state index in [-0.39, 0.29) is 29.6 Å². The average molecular weight is 235 g/mol. The van der Waals surface area contributed by atoms with Gasteiger partial charge in [0.05, 0.1) is 0 Å². The summed E-state index contributed by atoms with van der Waals surface area (Å²) in [6, 6.07) is 0. The Bertz CT molecular complexity index is 89.6. The molecule has 0 aliphatic carbocycles. The predicted molar refractivity (Wildman–Crippen MR) is 77.1 cm³/mol. The van der Waals surface area contributed by atoms with E-state index in [0.29, 0.717) is 0 Å². The number of rotatable bonds is 12. The van der Waals surface area contributed by atoms with Crippen LogP contribution in [0.2, 0.25) is 0 Å². The summed E-state index contributed by atoms with van der Waals surface area (Å²) in [4.78, 5) is 0. The first kappa shape index (κ1) is 19.3. The van der Waals surface area contributed by atoms with E-state index in [0.717, 1.165) is 0 Å². The molecule has 0 unspecified atom stereocenters. The van der Waals surface area contributed by atoms with Crippen molar-refractivity contribution in [1.82, 2.24) is 0 Å². The smallest absolute Gasteiger partial charge is 0 e. The molecule has 0 atom stereocenters. The molecule has 0 aliphatic rings. The Morgan fingerprint density at radius 2 is 0.562 bits per heavy atom. The third-order valence-corrected chi connectivity index (χ3v) is 3.21. The SMILES string of the molecule is CCCCCCCCCCCCCCC.[Na]. The first-order valence-corrected chi connectivity index (χ1v) is 7.41. The zero-order chi connectivity index (χ0) is 11.2. The van der Waals surface area contributed by atoms with Crippen molar-refractivity contribution >= 4 is 29.6 Å². The molecule has 0 amide bonds. The van der Waals surface area contributed by atoms with Crippen molar-refractivity contribution in [3.05, 3.63) is 0 Å². The van der Waals surface area contributed by atoms with Crippen LogP contribution in [0.25, 0.3) is 0 Å². The zero-order valence-corrected chi connectivity index (χ0v) is 14.2. The molecular weight excluding hydrogens is 203 g/mol. The van der Waals surface area contributed by atoms with Gasteiger partial charge in [-0.2, -0.15) is 0 Å². The second-order valence-corrected chi connectivity index (χ2v) is 4.89. The van der Waals surface area contributed by atoms with Crippen molar-refractivity contribution in [2.75, 3.05) is 0 Å². The largest absolute Gasteiger partial charge is 0.0654 e. The molecule has 0 saturated carbocycles. The molecule has 1 radical (unpaired) electrons. The maximum absolute atomic E-state index is 2.29. The van der Waals surface area contributed by atoms with Gasteiger partial charge < -0.3 is 0 Å². The summed E-state index contributed by atoms with van der Waals surface area (Å²) in [6.07, 6.45) is 18.9. The molecule has 0 rings (SSSR count). The van der Waals surface area contributed by atoms with E-state index in [4.69, 9.17) is 0 Å². The van der Waals surface area contributed by atoms with Gasteiger partial charge >= 0.3 is 0 Å². The van der Waals surface area contributed by atoms with Gasteiger partial charge in [0, 0.05) is 29.6 Å². The Kier molecular flexibility index (Phi) is 22.2. The Morgan fingerprint density at radius 3 is 0.750 bits per heavy atom. The minimum absolute atomic E-state index is 0. The van der Waals surface area contributed by atoms with Gasteiger partial charge in [0.15, 0.2) is 0 Å². The Hall–Kier alpha value is 1.00. The maximum atomic E-state index is 2.29. The fourth-order valence-electron chi connectivity index (χ4n) is 2.09. The molecule has 0 saturated heterocycles. The van der Waals surface area contributed by atoms with Gasteiger partial charge in [-0.15, -0.1) is 0 Å². The van der Waals surface area contributed by atoms with Crippen molar-refractivity contribution < 1.29 is 0 Å². The second kappa shape index (κ2) is 18.4. The predicted octanol–water partition coefficient (Wildman–Crippen LogP) is 5.72. The number of hydrogen-bond donors (Lipinski definition) is 0. The van der Waals surface area contributed by atoms with Crippen LogP contribution in [0.4, 0.5) is 0 Å². The third-order valence-electron chi connectivity index (χ3n) is 3.21. The standard InChI is InChI=1S/C15H32.Na/c1-3-5-7-9-11-13-15-14-12-10-8-6-4-2;/h3-15H2,1-2H3;. The normalized spacial score (nSPS) is 10.1. The van der Waals surface area contributed by atoms with Gasteiger partial charge in [-0.3, -0.25) is 0 Å². The second-order valence-electron chi connectivity index (χ2n) is 4.89. The van der Waals surface area contributed by atoms with Gasteiger partial charge in [0.2, 0.25) is 0 Å². The topological polar surface area (TPSA) is 0 Å². The van der Waals surface area contributed by atoms with Crippen LogP contribution >= 0.6 is 0 Å². The average Bonchev–Trinajstić information content (AvgIpc) is 2.26. The molecule has 93 valence electrons. The van der Waals surface area contributed by atoms with Gasteiger partial charge in [-0.1, -0.05) is 97.3 Å². The van der Waals surface area contributed by atoms with Crippen molar-refractivity contribution in [3.8, 4) is 0 Å². The molecule has 0 spiro atoms. The van der Waals surface area contributed by atoms with Gasteiger partial charge in [-0.25, -0.2) is 0 Å². The van der Waals surface area contributed by atoms with Gasteiger partial charge in [0.25, 0.3) is 0 Å². The summed E-state index contributed by atoms with van der Waals surface area (Å²) < 4.78 is 0. The summed E-state index contributed by atoms with van der Waals surface area (Å²) in [5.41, 5.74) is 0. The van der Waals surface area contributed by atoms with Crippen LogP contribution in [-0.4, -0.2) is 29.6 Å². The fourth-order valence-corrected chi connectivity index (χ4v) is 2.09. The van der Waals surface area contributed by atoms with Crippen LogP contribution in [0, 0.1) is 0 Å². The first-order valence-electron chi connectivity index (χ1n) is 7.41. The first-order chi connectivity index (χ1) is 7.41. The third kappa shape index (κ3) is 17.4. The van der Waals surface area contributed by atoms with E-state index < -0.39 is 0 Å². The molecular formula is C15H32Na. The molecule has 0 nitrogen and oxygen atoms in total. The molecule has 0 fully saturated rings. The molecule has 1 heteroatoms. The molecule has 0 heterocycles. The van der Waals surface area contributed by atoms with Crippen LogP contribution in [0.15, 0.2) is 0 Å². The van der Waals surface area contributed by atoms with Gasteiger partial charge in [0.1, 0.15) is 0 Å². The minimum Gasteiger partial charge on any atom is -0.0654 e. The van der Waals surface area contributed by atoms with Crippen LogP contribution in [-0.2, 0) is 0 Å². The van der Waals surface area contributed by atoms with Crippen LogP contribution < -0.4 is 0 Å². The quantitative estimate of drug-likeness (QED) is 0.300. The summed E-state index contributed by atoms with van der Waals surface area (Å²) in [7, 11) is 0. The van der Waals surface area contributed by atoms with Crippen molar-refractivity contribution in [2.24, 2.45) is 0 Å². The van der Waals surface area contributed by atoms with Gasteiger partial charge in [-0.05, 0) is 0 Å². The van der Waals surface area contributed by atoms with Crippen LogP contribution in [0.1, 0.15) is 97.3 Å². The Labute approximate surface area is 126 Å². The van der Waals surface area contributed by atoms with E-state index in [1.165, 1.54) is 83.5 Å². The zero-order valence-electron chi connectivity index (χ0n) is 12.2. The van der Waals surface area contributed by atoms with Crippen molar-refractivity contribution in [3.63, 3.8) is 0 Å². The maximum Gasteiger partial charge on any atom is 0 e. The molecule has 0 N–H and O–H groups in total. The van der Waals surface area contributed by atoms with Crippen molar-refractivity contribution in [2.45, 2.75) is 97.3 Å². The Morgan fingerprint density at radius 1 is 0.375 bits per heavy atom. The van der Waals surface area contributed by atoms with E-state index >= 15 is 0 Å². The Balaban J connectivity index is 0. The van der Waals surface area contributed by atoms with E-state index in [2.05, 4.69) is 13.8 Å². The van der Waals surface area contributed by atoms with E-state index in [1.807, 2.05) is 0 Å². The monoisotopic (exact) mass is 235 g/mol. The minimum atomic E-state index is 0. The number of unbranched alkanes of at least 4 members (excludes halogenated alkanes) is 12. The molecule has 0 aromatic carbocycles. The molecule has 0 bridgehead atoms. The fraction of sp³-hybridized carbons (Fsp3) is 1.00. The molecule has 0 aromatic rings. The summed E-state index contributed by atoms with van der Waals surface area (Å²) >= 11 is 0. The molecule has 0 aliphatic heterocycles. The van der Waals surface area contributed by atoms with Crippen LogP contribution in [0.5, 0.6) is 0 Å². The van der Waals surface area contributed by atoms with E-state index in [1.54, 1.807) is 0 Å².